The molecular weight excluding hydrogens is 360 g/mol. The fourth-order valence-electron chi connectivity index (χ4n) is 0.769. The molecule has 8 heteroatoms. The van der Waals surface area contributed by atoms with Gasteiger partial charge in [0, 0.05) is 0 Å². The molecule has 0 bridgehead atoms. The van der Waals surface area contributed by atoms with Gasteiger partial charge in [0.1, 0.15) is 4.48 Å². The van der Waals surface area contributed by atoms with Crippen molar-refractivity contribution in [2.45, 2.75) is 0 Å². The molecule has 1 amide bonds. The van der Waals surface area contributed by atoms with Crippen molar-refractivity contribution in [1.82, 2.24) is 5.43 Å². The molecule has 1 heterocycles. The number of halogens is 2. The standard InChI is InChI=1S/C9H6Br2N2O4/c10-5(7(11)9(15)16)4-12-13-8(14)6-2-1-3-17-6/h1-4H,(H,13,14)(H,15,16)/b7-5+,12-4-. The summed E-state index contributed by atoms with van der Waals surface area (Å²) in [5.74, 6) is -1.57. The molecule has 17 heavy (non-hydrogen) atoms. The lowest BCUT2D eigenvalue weighted by Gasteiger charge is -1.95. The molecule has 0 aliphatic heterocycles. The van der Waals surface area contributed by atoms with Crippen LogP contribution < -0.4 is 5.43 Å². The average molecular weight is 366 g/mol. The lowest BCUT2D eigenvalue weighted by atomic mass is 10.4. The molecule has 90 valence electrons. The zero-order valence-electron chi connectivity index (χ0n) is 8.18. The van der Waals surface area contributed by atoms with Gasteiger partial charge >= 0.3 is 11.9 Å². The summed E-state index contributed by atoms with van der Waals surface area (Å²) in [4.78, 5) is 21.8. The maximum absolute atomic E-state index is 11.3. The number of amides is 1. The Morgan fingerprint density at radius 3 is 2.71 bits per heavy atom. The van der Waals surface area contributed by atoms with Crippen LogP contribution in [-0.4, -0.2) is 23.2 Å². The van der Waals surface area contributed by atoms with Gasteiger partial charge in [-0.15, -0.1) is 0 Å². The quantitative estimate of drug-likeness (QED) is 0.485. The highest BCUT2D eigenvalue weighted by Crippen LogP contribution is 2.15. The van der Waals surface area contributed by atoms with Gasteiger partial charge in [-0.25, -0.2) is 10.2 Å². The molecule has 0 saturated heterocycles. The number of carbonyl (C=O) groups excluding carboxylic acids is 1. The van der Waals surface area contributed by atoms with E-state index in [0.29, 0.717) is 0 Å². The van der Waals surface area contributed by atoms with Crippen molar-refractivity contribution >= 4 is 50.0 Å². The third kappa shape index (κ3) is 4.16. The number of hydrogen-bond donors (Lipinski definition) is 2. The maximum Gasteiger partial charge on any atom is 0.344 e. The molecule has 2 N–H and O–H groups in total. The Morgan fingerprint density at radius 1 is 1.47 bits per heavy atom. The van der Waals surface area contributed by atoms with Gasteiger partial charge in [-0.2, -0.15) is 5.10 Å². The van der Waals surface area contributed by atoms with Crippen LogP contribution in [0.1, 0.15) is 10.6 Å². The number of carboxylic acids is 1. The molecule has 6 nitrogen and oxygen atoms in total. The number of allylic oxidation sites excluding steroid dienone is 1. The SMILES string of the molecule is O=C(O)/C(Br)=C(Br)/C=N\NC(=O)c1ccco1. The predicted molar refractivity (Wildman–Crippen MR) is 67.2 cm³/mol. The van der Waals surface area contributed by atoms with Crippen molar-refractivity contribution in [1.29, 1.82) is 0 Å². The van der Waals surface area contributed by atoms with Gasteiger partial charge in [-0.05, 0) is 44.0 Å². The minimum absolute atomic E-state index is 0.103. The number of nitrogens with zero attached hydrogens (tertiary/aromatic N) is 1. The Balaban J connectivity index is 2.60. The lowest BCUT2D eigenvalue weighted by Crippen LogP contribution is -2.16. The summed E-state index contributed by atoms with van der Waals surface area (Å²) in [5, 5.41) is 12.2. The van der Waals surface area contributed by atoms with Crippen LogP contribution in [0, 0.1) is 0 Å². The number of hydrogen-bond acceptors (Lipinski definition) is 4. The zero-order chi connectivity index (χ0) is 12.8. The number of furan rings is 1. The van der Waals surface area contributed by atoms with E-state index in [1.807, 2.05) is 0 Å². The van der Waals surface area contributed by atoms with E-state index in [9.17, 15) is 9.59 Å². The molecule has 0 aliphatic rings. The first kappa shape index (κ1) is 13.7. The number of aliphatic carboxylic acids is 1. The minimum atomic E-state index is -1.15. The van der Waals surface area contributed by atoms with E-state index in [1.165, 1.54) is 12.3 Å². The smallest absolute Gasteiger partial charge is 0.344 e. The minimum Gasteiger partial charge on any atom is -0.477 e. The van der Waals surface area contributed by atoms with Gasteiger partial charge in [0.25, 0.3) is 0 Å². The molecule has 0 atom stereocenters. The van der Waals surface area contributed by atoms with Crippen LogP contribution in [0.4, 0.5) is 0 Å². The van der Waals surface area contributed by atoms with Crippen molar-refractivity contribution in [3.05, 3.63) is 33.1 Å². The summed E-state index contributed by atoms with van der Waals surface area (Å²) < 4.78 is 4.91. The molecule has 0 radical (unpaired) electrons. The van der Waals surface area contributed by atoms with E-state index in [1.54, 1.807) is 6.07 Å². The van der Waals surface area contributed by atoms with Crippen LogP contribution in [0.3, 0.4) is 0 Å². The molecular formula is C9H6Br2N2O4. The van der Waals surface area contributed by atoms with Gasteiger partial charge in [0.2, 0.25) is 0 Å². The number of carboxylic acid groups (broad SMARTS) is 1. The molecule has 0 unspecified atom stereocenters. The highest BCUT2D eigenvalue weighted by molar-refractivity contribution is 9.14. The van der Waals surface area contributed by atoms with Crippen LogP contribution >= 0.6 is 31.9 Å². The lowest BCUT2D eigenvalue weighted by molar-refractivity contribution is -0.131. The summed E-state index contributed by atoms with van der Waals surface area (Å²) in [7, 11) is 0. The zero-order valence-corrected chi connectivity index (χ0v) is 11.4. The Kier molecular flexibility index (Phi) is 5.11. The molecule has 0 aromatic carbocycles. The molecule has 0 spiro atoms. The summed E-state index contributed by atoms with van der Waals surface area (Å²) in [5.41, 5.74) is 2.17. The highest BCUT2D eigenvalue weighted by atomic mass is 79.9. The van der Waals surface area contributed by atoms with E-state index in [-0.39, 0.29) is 14.7 Å². The van der Waals surface area contributed by atoms with E-state index in [4.69, 9.17) is 9.52 Å². The molecule has 0 fully saturated rings. The first-order chi connectivity index (χ1) is 8.02. The fourth-order valence-corrected chi connectivity index (χ4v) is 1.14. The second kappa shape index (κ2) is 6.36. The normalized spacial score (nSPS) is 12.4. The van der Waals surface area contributed by atoms with Crippen molar-refractivity contribution in [3.8, 4) is 0 Å². The van der Waals surface area contributed by atoms with E-state index >= 15 is 0 Å². The Labute approximate surface area is 113 Å². The summed E-state index contributed by atoms with van der Waals surface area (Å²) in [6.07, 6.45) is 2.49. The van der Waals surface area contributed by atoms with E-state index < -0.39 is 11.9 Å². The molecule has 1 aromatic heterocycles. The summed E-state index contributed by atoms with van der Waals surface area (Å²) >= 11 is 5.79. The maximum atomic E-state index is 11.3. The molecule has 0 aliphatic carbocycles. The molecule has 1 aromatic rings. The Bertz CT molecular complexity index is 479. The second-order valence-corrected chi connectivity index (χ2v) is 4.29. The third-order valence-corrected chi connectivity index (χ3v) is 3.39. The second-order valence-electron chi connectivity index (χ2n) is 2.64. The van der Waals surface area contributed by atoms with Crippen LogP contribution in [0.5, 0.6) is 0 Å². The van der Waals surface area contributed by atoms with Gasteiger partial charge in [-0.1, -0.05) is 0 Å². The van der Waals surface area contributed by atoms with Crippen molar-refractivity contribution in [2.75, 3.05) is 0 Å². The summed E-state index contributed by atoms with van der Waals surface area (Å²) in [6, 6.07) is 3.04. The van der Waals surface area contributed by atoms with Crippen molar-refractivity contribution in [3.63, 3.8) is 0 Å². The Morgan fingerprint density at radius 2 is 2.18 bits per heavy atom. The fraction of sp³-hybridized carbons (Fsp3) is 0. The first-order valence-electron chi connectivity index (χ1n) is 4.18. The van der Waals surface area contributed by atoms with Crippen molar-refractivity contribution in [2.24, 2.45) is 5.10 Å². The summed E-state index contributed by atoms with van der Waals surface area (Å²) in [6.45, 7) is 0. The largest absolute Gasteiger partial charge is 0.477 e. The van der Waals surface area contributed by atoms with Gasteiger partial charge in [0.05, 0.1) is 17.0 Å². The van der Waals surface area contributed by atoms with Gasteiger partial charge in [-0.3, -0.25) is 4.79 Å². The topological polar surface area (TPSA) is 91.9 Å². The highest BCUT2D eigenvalue weighted by Gasteiger charge is 2.08. The number of carbonyl (C=O) groups is 2. The van der Waals surface area contributed by atoms with Crippen LogP contribution in [0.2, 0.25) is 0 Å². The van der Waals surface area contributed by atoms with Gasteiger partial charge in [0.15, 0.2) is 5.76 Å². The number of hydrazone groups is 1. The average Bonchev–Trinajstić information content (AvgIpc) is 2.80. The van der Waals surface area contributed by atoms with Crippen LogP contribution in [0.25, 0.3) is 0 Å². The number of nitrogens with one attached hydrogen (secondary N) is 1. The van der Waals surface area contributed by atoms with Crippen molar-refractivity contribution < 1.29 is 19.1 Å². The molecule has 0 saturated carbocycles. The van der Waals surface area contributed by atoms with Gasteiger partial charge < -0.3 is 9.52 Å². The third-order valence-electron chi connectivity index (χ3n) is 1.49. The number of rotatable bonds is 4. The van der Waals surface area contributed by atoms with E-state index in [2.05, 4.69) is 42.4 Å². The monoisotopic (exact) mass is 364 g/mol. The van der Waals surface area contributed by atoms with Crippen LogP contribution in [0.15, 0.2) is 36.9 Å². The predicted octanol–water partition coefficient (Wildman–Crippen LogP) is 2.08. The van der Waals surface area contributed by atoms with Crippen LogP contribution in [-0.2, 0) is 4.79 Å². The van der Waals surface area contributed by atoms with E-state index in [0.717, 1.165) is 6.21 Å². The molecule has 1 rings (SSSR count). The first-order valence-corrected chi connectivity index (χ1v) is 5.76. The Hall–Kier alpha value is -1.41.